The van der Waals surface area contributed by atoms with Crippen LogP contribution in [0.2, 0.25) is 10.0 Å². The second-order valence-corrected chi connectivity index (χ2v) is 7.48. The monoisotopic (exact) mass is 436 g/mol. The number of benzene rings is 1. The third-order valence-electron chi connectivity index (χ3n) is 4.61. The molecule has 0 unspecified atom stereocenters. The highest BCUT2D eigenvalue weighted by atomic mass is 35.5. The van der Waals surface area contributed by atoms with E-state index in [1.165, 1.54) is 0 Å². The van der Waals surface area contributed by atoms with Crippen LogP contribution < -0.4 is 15.5 Å². The summed E-state index contributed by atoms with van der Waals surface area (Å²) in [5.41, 5.74) is 1.62. The van der Waals surface area contributed by atoms with Gasteiger partial charge in [-0.05, 0) is 12.0 Å². The molecule has 0 bridgehead atoms. The summed E-state index contributed by atoms with van der Waals surface area (Å²) < 4.78 is 5.12. The lowest BCUT2D eigenvalue weighted by Gasteiger charge is -2.21. The van der Waals surface area contributed by atoms with Crippen molar-refractivity contribution < 1.29 is 14.3 Å². The molecule has 1 saturated heterocycles. The number of amides is 2. The van der Waals surface area contributed by atoms with Crippen LogP contribution in [-0.4, -0.2) is 43.2 Å². The third-order valence-corrected chi connectivity index (χ3v) is 5.16. The minimum Gasteiger partial charge on any atom is -0.445 e. The quantitative estimate of drug-likeness (QED) is 0.650. The molecule has 1 fully saturated rings. The fourth-order valence-electron chi connectivity index (χ4n) is 3.15. The SMILES string of the molecule is O=C(NCCNC(=O)[C@@H]1CCN(c2c(Cl)cncc2Cl)C1)OCc1ccccc1. The van der Waals surface area contributed by atoms with Gasteiger partial charge in [-0.15, -0.1) is 0 Å². The summed E-state index contributed by atoms with van der Waals surface area (Å²) in [5.74, 6) is -0.228. The van der Waals surface area contributed by atoms with Crippen molar-refractivity contribution in [3.63, 3.8) is 0 Å². The average molecular weight is 437 g/mol. The van der Waals surface area contributed by atoms with Gasteiger partial charge >= 0.3 is 6.09 Å². The third kappa shape index (κ3) is 5.98. The summed E-state index contributed by atoms with van der Waals surface area (Å²) in [6.07, 6.45) is 3.27. The molecule has 2 heterocycles. The Labute approximate surface area is 179 Å². The number of aromatic nitrogens is 1. The van der Waals surface area contributed by atoms with Crippen LogP contribution in [0.15, 0.2) is 42.7 Å². The molecule has 0 saturated carbocycles. The molecule has 0 aliphatic carbocycles. The van der Waals surface area contributed by atoms with Crippen molar-refractivity contribution in [2.75, 3.05) is 31.1 Å². The molecule has 0 spiro atoms. The van der Waals surface area contributed by atoms with E-state index in [9.17, 15) is 9.59 Å². The van der Waals surface area contributed by atoms with Crippen LogP contribution in [0.25, 0.3) is 0 Å². The van der Waals surface area contributed by atoms with Crippen LogP contribution in [0.4, 0.5) is 10.5 Å². The Balaban J connectivity index is 1.35. The highest BCUT2D eigenvalue weighted by molar-refractivity contribution is 6.38. The number of halogens is 2. The molecule has 1 aromatic carbocycles. The molecule has 29 heavy (non-hydrogen) atoms. The van der Waals surface area contributed by atoms with Gasteiger partial charge in [-0.2, -0.15) is 0 Å². The van der Waals surface area contributed by atoms with E-state index in [1.54, 1.807) is 12.4 Å². The van der Waals surface area contributed by atoms with Gasteiger partial charge in [0, 0.05) is 38.6 Å². The Morgan fingerprint density at radius 3 is 2.52 bits per heavy atom. The number of hydrogen-bond donors (Lipinski definition) is 2. The molecule has 3 rings (SSSR count). The zero-order valence-electron chi connectivity index (χ0n) is 15.7. The Bertz CT molecular complexity index is 831. The van der Waals surface area contributed by atoms with Crippen molar-refractivity contribution in [2.45, 2.75) is 13.0 Å². The van der Waals surface area contributed by atoms with Gasteiger partial charge in [0.25, 0.3) is 0 Å². The van der Waals surface area contributed by atoms with E-state index >= 15 is 0 Å². The van der Waals surface area contributed by atoms with E-state index in [0.29, 0.717) is 41.8 Å². The van der Waals surface area contributed by atoms with Gasteiger partial charge in [0.15, 0.2) is 0 Å². The summed E-state index contributed by atoms with van der Waals surface area (Å²) >= 11 is 12.4. The normalized spacial score (nSPS) is 15.8. The van der Waals surface area contributed by atoms with Crippen LogP contribution in [0.1, 0.15) is 12.0 Å². The van der Waals surface area contributed by atoms with Crippen LogP contribution in [0, 0.1) is 5.92 Å². The molecule has 2 amide bonds. The topological polar surface area (TPSA) is 83.6 Å². The van der Waals surface area contributed by atoms with Gasteiger partial charge in [0.05, 0.1) is 21.7 Å². The first kappa shape index (κ1) is 21.2. The Kier molecular flexibility index (Phi) is 7.55. The maximum absolute atomic E-state index is 12.4. The maximum Gasteiger partial charge on any atom is 0.407 e. The molecule has 2 N–H and O–H groups in total. The van der Waals surface area contributed by atoms with Crippen LogP contribution in [0.5, 0.6) is 0 Å². The van der Waals surface area contributed by atoms with E-state index < -0.39 is 6.09 Å². The molecule has 154 valence electrons. The summed E-state index contributed by atoms with van der Waals surface area (Å²) in [7, 11) is 0. The van der Waals surface area contributed by atoms with Crippen molar-refractivity contribution >= 4 is 40.9 Å². The summed E-state index contributed by atoms with van der Waals surface area (Å²) in [6.45, 7) is 2.04. The molecule has 1 aliphatic rings. The van der Waals surface area contributed by atoms with Crippen LogP contribution >= 0.6 is 23.2 Å². The molecular weight excluding hydrogens is 415 g/mol. The van der Waals surface area contributed by atoms with Gasteiger partial charge in [-0.3, -0.25) is 9.78 Å². The number of rotatable bonds is 7. The highest BCUT2D eigenvalue weighted by Crippen LogP contribution is 2.35. The molecule has 1 aliphatic heterocycles. The van der Waals surface area contributed by atoms with E-state index in [2.05, 4.69) is 15.6 Å². The van der Waals surface area contributed by atoms with Crippen LogP contribution in [0.3, 0.4) is 0 Å². The summed E-state index contributed by atoms with van der Waals surface area (Å²) in [6, 6.07) is 9.42. The van der Waals surface area contributed by atoms with Crippen LogP contribution in [-0.2, 0) is 16.1 Å². The van der Waals surface area contributed by atoms with E-state index in [-0.39, 0.29) is 25.0 Å². The molecular formula is C20H22Cl2N4O3. The number of carbonyl (C=O) groups is 2. The Hall–Kier alpha value is -2.51. The second kappa shape index (κ2) is 10.3. The lowest BCUT2D eigenvalue weighted by atomic mass is 10.1. The van der Waals surface area contributed by atoms with Gasteiger partial charge in [-0.1, -0.05) is 53.5 Å². The number of carbonyl (C=O) groups excluding carboxylic acids is 2. The first-order valence-corrected chi connectivity index (χ1v) is 10.1. The number of nitrogens with one attached hydrogen (secondary N) is 2. The van der Waals surface area contributed by atoms with E-state index in [4.69, 9.17) is 27.9 Å². The lowest BCUT2D eigenvalue weighted by molar-refractivity contribution is -0.124. The van der Waals surface area contributed by atoms with E-state index in [0.717, 1.165) is 5.56 Å². The smallest absolute Gasteiger partial charge is 0.407 e. The van der Waals surface area contributed by atoms with Gasteiger partial charge in [-0.25, -0.2) is 4.79 Å². The van der Waals surface area contributed by atoms with Gasteiger partial charge in [0.2, 0.25) is 5.91 Å². The van der Waals surface area contributed by atoms with Gasteiger partial charge < -0.3 is 20.3 Å². The predicted octanol–water partition coefficient (Wildman–Crippen LogP) is 3.26. The molecule has 1 atom stereocenters. The number of anilines is 1. The number of nitrogens with zero attached hydrogens (tertiary/aromatic N) is 2. The fourth-order valence-corrected chi connectivity index (χ4v) is 3.76. The zero-order valence-corrected chi connectivity index (χ0v) is 17.2. The molecule has 7 nitrogen and oxygen atoms in total. The standard InChI is InChI=1S/C20H22Cl2N4O3/c21-16-10-23-11-17(22)18(16)26-9-6-15(12-26)19(27)24-7-8-25-20(28)29-13-14-4-2-1-3-5-14/h1-5,10-11,15H,6-9,12-13H2,(H,24,27)(H,25,28)/t15-/m1/s1. The van der Waals surface area contributed by atoms with E-state index in [1.807, 2.05) is 35.2 Å². The maximum atomic E-state index is 12.4. The summed E-state index contributed by atoms with van der Waals surface area (Å²) in [5, 5.41) is 6.40. The van der Waals surface area contributed by atoms with Crippen molar-refractivity contribution in [1.29, 1.82) is 0 Å². The fraction of sp³-hybridized carbons (Fsp3) is 0.350. The Morgan fingerprint density at radius 2 is 1.79 bits per heavy atom. The molecule has 2 aromatic rings. The number of hydrogen-bond acceptors (Lipinski definition) is 5. The second-order valence-electron chi connectivity index (χ2n) is 6.66. The first-order valence-electron chi connectivity index (χ1n) is 9.31. The Morgan fingerprint density at radius 1 is 1.10 bits per heavy atom. The summed E-state index contributed by atoms with van der Waals surface area (Å²) in [4.78, 5) is 30.0. The lowest BCUT2D eigenvalue weighted by Crippen LogP contribution is -2.38. The number of ether oxygens (including phenoxy) is 1. The minimum atomic E-state index is -0.517. The molecule has 0 radical (unpaired) electrons. The molecule has 1 aromatic heterocycles. The minimum absolute atomic E-state index is 0.0618. The van der Waals surface area contributed by atoms with Crippen molar-refractivity contribution in [3.05, 3.63) is 58.3 Å². The van der Waals surface area contributed by atoms with Crippen molar-refractivity contribution in [3.8, 4) is 0 Å². The largest absolute Gasteiger partial charge is 0.445 e. The van der Waals surface area contributed by atoms with Crippen molar-refractivity contribution in [1.82, 2.24) is 15.6 Å². The highest BCUT2D eigenvalue weighted by Gasteiger charge is 2.30. The number of alkyl carbamates (subject to hydrolysis) is 1. The zero-order chi connectivity index (χ0) is 20.6. The first-order chi connectivity index (χ1) is 14.0. The average Bonchev–Trinajstić information content (AvgIpc) is 3.20. The number of pyridine rings is 1. The molecule has 9 heteroatoms. The predicted molar refractivity (Wildman–Crippen MR) is 112 cm³/mol. The van der Waals surface area contributed by atoms with Gasteiger partial charge in [0.1, 0.15) is 6.61 Å². The van der Waals surface area contributed by atoms with Crippen molar-refractivity contribution in [2.24, 2.45) is 5.92 Å².